The fourth-order valence-electron chi connectivity index (χ4n) is 1.08. The van der Waals surface area contributed by atoms with Gasteiger partial charge in [0.1, 0.15) is 0 Å². The van der Waals surface area contributed by atoms with Crippen molar-refractivity contribution in [2.45, 2.75) is 58.4 Å². The Morgan fingerprint density at radius 3 is 2.20 bits per heavy atom. The lowest BCUT2D eigenvalue weighted by molar-refractivity contribution is 0.202. The van der Waals surface area contributed by atoms with Crippen molar-refractivity contribution < 1.29 is 4.43 Å². The summed E-state index contributed by atoms with van der Waals surface area (Å²) in [5.74, 6) is 0. The molecule has 0 aliphatic carbocycles. The van der Waals surface area contributed by atoms with E-state index >= 15 is 0 Å². The molecule has 1 nitrogen and oxygen atoms in total. The van der Waals surface area contributed by atoms with Crippen LogP contribution in [0.5, 0.6) is 0 Å². The van der Waals surface area contributed by atoms with E-state index in [0.717, 1.165) is 10.8 Å². The summed E-state index contributed by atoms with van der Waals surface area (Å²) in [5.41, 5.74) is 0. The second-order valence-electron chi connectivity index (χ2n) is 5.55. The maximum Gasteiger partial charge on any atom is 0.192 e. The Bertz CT molecular complexity index is 206. The average molecular weight is 340 g/mol. The molecule has 0 radical (unpaired) electrons. The molecule has 0 aromatic carbocycles. The van der Waals surface area contributed by atoms with Gasteiger partial charge in [-0.05, 0) is 31.5 Å². The van der Waals surface area contributed by atoms with Gasteiger partial charge in [0.25, 0.3) is 0 Å². The highest BCUT2D eigenvalue weighted by molar-refractivity contribution is 14.1. The summed E-state index contributed by atoms with van der Waals surface area (Å²) in [4.78, 5) is 0. The van der Waals surface area contributed by atoms with Crippen LogP contribution in [0.1, 0.15) is 34.1 Å². The van der Waals surface area contributed by atoms with E-state index in [-0.39, 0.29) is 0 Å². The molecular weight excluding hydrogens is 315 g/mol. The highest BCUT2D eigenvalue weighted by Gasteiger charge is 2.38. The topological polar surface area (TPSA) is 9.23 Å². The predicted molar refractivity (Wildman–Crippen MR) is 80.4 cm³/mol. The minimum absolute atomic E-state index is 0.314. The molecule has 0 saturated carbocycles. The van der Waals surface area contributed by atoms with Crippen LogP contribution in [0.3, 0.4) is 0 Å². The molecule has 0 bridgehead atoms. The number of halogens is 1. The van der Waals surface area contributed by atoms with Crippen LogP contribution in [0.15, 0.2) is 12.2 Å². The van der Waals surface area contributed by atoms with Crippen molar-refractivity contribution in [3.63, 3.8) is 0 Å². The number of allylic oxidation sites excluding steroid dienone is 1. The fourth-order valence-corrected chi connectivity index (χ4v) is 2.89. The Morgan fingerprint density at radius 2 is 1.80 bits per heavy atom. The first-order chi connectivity index (χ1) is 6.70. The summed E-state index contributed by atoms with van der Waals surface area (Å²) in [5, 5.41) is 0.314. The van der Waals surface area contributed by atoms with E-state index in [1.165, 1.54) is 0 Å². The Hall–Kier alpha value is 0.647. The van der Waals surface area contributed by atoms with Crippen LogP contribution in [0.25, 0.3) is 0 Å². The standard InChI is InChI=1S/C12H25IOSi/c1-11(9-7-8-10-13)14-15(5,6)12(2,3)4/h7-8,11H,9-10H2,1-6H3. The van der Waals surface area contributed by atoms with Gasteiger partial charge in [-0.2, -0.15) is 0 Å². The van der Waals surface area contributed by atoms with Crippen molar-refractivity contribution in [2.75, 3.05) is 4.43 Å². The minimum Gasteiger partial charge on any atom is -0.414 e. The molecule has 0 N–H and O–H groups in total. The zero-order chi connectivity index (χ0) is 12.1. The van der Waals surface area contributed by atoms with Gasteiger partial charge in [-0.25, -0.2) is 0 Å². The average Bonchev–Trinajstić information content (AvgIpc) is 2.01. The number of hydrogen-bond acceptors (Lipinski definition) is 1. The van der Waals surface area contributed by atoms with E-state index in [4.69, 9.17) is 4.43 Å². The first-order valence-electron chi connectivity index (χ1n) is 5.59. The zero-order valence-corrected chi connectivity index (χ0v) is 14.1. The van der Waals surface area contributed by atoms with Crippen LogP contribution in [-0.4, -0.2) is 18.8 Å². The molecule has 0 saturated heterocycles. The van der Waals surface area contributed by atoms with Crippen LogP contribution < -0.4 is 0 Å². The maximum atomic E-state index is 6.23. The molecule has 0 heterocycles. The van der Waals surface area contributed by atoms with Crippen molar-refractivity contribution in [2.24, 2.45) is 0 Å². The Labute approximate surface area is 110 Å². The third kappa shape index (κ3) is 6.07. The van der Waals surface area contributed by atoms with Crippen LogP contribution in [0.4, 0.5) is 0 Å². The molecule has 0 rings (SSSR count). The van der Waals surface area contributed by atoms with Gasteiger partial charge in [0.15, 0.2) is 8.32 Å². The van der Waals surface area contributed by atoms with Crippen LogP contribution in [-0.2, 0) is 4.43 Å². The van der Waals surface area contributed by atoms with E-state index in [1.54, 1.807) is 0 Å². The number of hydrogen-bond donors (Lipinski definition) is 0. The molecule has 0 aromatic rings. The molecule has 0 amide bonds. The molecule has 3 heteroatoms. The van der Waals surface area contributed by atoms with Gasteiger partial charge in [0, 0.05) is 10.5 Å². The second-order valence-corrected chi connectivity index (χ2v) is 11.2. The molecule has 1 unspecified atom stereocenters. The van der Waals surface area contributed by atoms with E-state index < -0.39 is 8.32 Å². The van der Waals surface area contributed by atoms with E-state index in [9.17, 15) is 0 Å². The molecule has 90 valence electrons. The van der Waals surface area contributed by atoms with Crippen molar-refractivity contribution in [1.82, 2.24) is 0 Å². The van der Waals surface area contributed by atoms with E-state index in [1.807, 2.05) is 0 Å². The van der Waals surface area contributed by atoms with Gasteiger partial charge >= 0.3 is 0 Å². The SMILES string of the molecule is CC(CC=CCI)O[Si](C)(C)C(C)(C)C. The van der Waals surface area contributed by atoms with Gasteiger partial charge < -0.3 is 4.43 Å². The monoisotopic (exact) mass is 340 g/mol. The van der Waals surface area contributed by atoms with Crippen LogP contribution in [0, 0.1) is 0 Å². The molecular formula is C12H25IOSi. The highest BCUT2D eigenvalue weighted by Crippen LogP contribution is 2.37. The first-order valence-corrected chi connectivity index (χ1v) is 10.0. The summed E-state index contributed by atoms with van der Waals surface area (Å²) >= 11 is 2.36. The predicted octanol–water partition coefficient (Wildman–Crippen LogP) is 4.78. The van der Waals surface area contributed by atoms with Crippen molar-refractivity contribution >= 4 is 30.9 Å². The highest BCUT2D eigenvalue weighted by atomic mass is 127. The molecule has 0 spiro atoms. The third-order valence-electron chi connectivity index (χ3n) is 3.03. The van der Waals surface area contributed by atoms with Gasteiger partial charge in [0.2, 0.25) is 0 Å². The summed E-state index contributed by atoms with van der Waals surface area (Å²) in [6.07, 6.45) is 5.82. The van der Waals surface area contributed by atoms with Crippen molar-refractivity contribution in [1.29, 1.82) is 0 Å². The van der Waals surface area contributed by atoms with Crippen molar-refractivity contribution in [3.05, 3.63) is 12.2 Å². The Kier molecular flexibility index (Phi) is 6.67. The minimum atomic E-state index is -1.56. The number of rotatable bonds is 5. The second kappa shape index (κ2) is 6.40. The molecule has 0 aliphatic rings. The lowest BCUT2D eigenvalue weighted by Crippen LogP contribution is -2.43. The fraction of sp³-hybridized carbons (Fsp3) is 0.833. The molecule has 0 aromatic heterocycles. The summed E-state index contributed by atoms with van der Waals surface area (Å²) < 4.78 is 7.32. The Morgan fingerprint density at radius 1 is 1.27 bits per heavy atom. The normalized spacial score (nSPS) is 15.9. The third-order valence-corrected chi connectivity index (χ3v) is 8.14. The maximum absolute atomic E-state index is 6.23. The van der Waals surface area contributed by atoms with Gasteiger partial charge in [-0.3, -0.25) is 0 Å². The van der Waals surface area contributed by atoms with Gasteiger partial charge in [-0.1, -0.05) is 55.5 Å². The summed E-state index contributed by atoms with van der Waals surface area (Å²) in [6.45, 7) is 13.7. The zero-order valence-electron chi connectivity index (χ0n) is 10.9. The first kappa shape index (κ1) is 15.6. The van der Waals surface area contributed by atoms with Crippen molar-refractivity contribution in [3.8, 4) is 0 Å². The van der Waals surface area contributed by atoms with Gasteiger partial charge in [-0.15, -0.1) is 0 Å². The van der Waals surface area contributed by atoms with Gasteiger partial charge in [0.05, 0.1) is 0 Å². The quantitative estimate of drug-likeness (QED) is 0.303. The van der Waals surface area contributed by atoms with E-state index in [2.05, 4.69) is 75.5 Å². The molecule has 15 heavy (non-hydrogen) atoms. The Balaban J connectivity index is 4.16. The lowest BCUT2D eigenvalue weighted by atomic mass is 10.2. The summed E-state index contributed by atoms with van der Waals surface area (Å²) in [6, 6.07) is 0. The largest absolute Gasteiger partial charge is 0.414 e. The molecule has 1 atom stereocenters. The molecule has 0 aliphatic heterocycles. The van der Waals surface area contributed by atoms with Crippen LogP contribution in [0.2, 0.25) is 18.1 Å². The van der Waals surface area contributed by atoms with E-state index in [0.29, 0.717) is 11.1 Å². The summed E-state index contributed by atoms with van der Waals surface area (Å²) in [7, 11) is -1.56. The number of alkyl halides is 1. The smallest absolute Gasteiger partial charge is 0.192 e. The molecule has 0 fully saturated rings. The lowest BCUT2D eigenvalue weighted by Gasteiger charge is -2.38. The van der Waals surface area contributed by atoms with Crippen LogP contribution >= 0.6 is 22.6 Å².